The molecule has 3 aromatic rings. The van der Waals surface area contributed by atoms with Crippen LogP contribution in [0.15, 0.2) is 72.8 Å². The lowest BCUT2D eigenvalue weighted by molar-refractivity contribution is -0.384. The fourth-order valence-corrected chi connectivity index (χ4v) is 4.61. The number of nitrogens with zero attached hydrogens (tertiary/aromatic N) is 4. The second-order valence-corrected chi connectivity index (χ2v) is 8.80. The van der Waals surface area contributed by atoms with E-state index < -0.39 is 11.1 Å². The summed E-state index contributed by atoms with van der Waals surface area (Å²) in [6.07, 6.45) is -0.591. The Labute approximate surface area is 210 Å². The number of carbonyl (C=O) groups excluding carboxylic acids is 2. The predicted octanol–water partition coefficient (Wildman–Crippen LogP) is 5.05. The van der Waals surface area contributed by atoms with Crippen LogP contribution in [0.4, 0.5) is 11.4 Å². The van der Waals surface area contributed by atoms with Crippen molar-refractivity contribution in [3.05, 3.63) is 105 Å². The number of nitro benzene ring substituents is 1. The molecule has 1 saturated heterocycles. The van der Waals surface area contributed by atoms with E-state index in [0.717, 1.165) is 29.9 Å². The SMILES string of the molecule is CCN(CC)c1ccc(C2N(C(=O)c3ccc(C)cc3)CCN2C(=O)c2ccc([N+](=O)[O-])cc2)cc1. The van der Waals surface area contributed by atoms with Crippen LogP contribution < -0.4 is 4.90 Å². The lowest BCUT2D eigenvalue weighted by atomic mass is 10.1. The minimum Gasteiger partial charge on any atom is -0.372 e. The molecule has 36 heavy (non-hydrogen) atoms. The highest BCUT2D eigenvalue weighted by Crippen LogP contribution is 2.34. The van der Waals surface area contributed by atoms with Crippen molar-refractivity contribution in [3.8, 4) is 0 Å². The second kappa shape index (κ2) is 10.6. The number of rotatable bonds is 7. The molecule has 186 valence electrons. The van der Waals surface area contributed by atoms with E-state index in [-0.39, 0.29) is 17.5 Å². The zero-order valence-corrected chi connectivity index (χ0v) is 20.8. The van der Waals surface area contributed by atoms with Crippen molar-refractivity contribution in [1.29, 1.82) is 0 Å². The molecule has 1 atom stereocenters. The molecule has 0 aliphatic carbocycles. The summed E-state index contributed by atoms with van der Waals surface area (Å²) < 4.78 is 0. The van der Waals surface area contributed by atoms with Gasteiger partial charge in [0, 0.05) is 55.1 Å². The van der Waals surface area contributed by atoms with Crippen molar-refractivity contribution < 1.29 is 14.5 Å². The average molecular weight is 487 g/mol. The molecule has 4 rings (SSSR count). The Bertz CT molecular complexity index is 1240. The quantitative estimate of drug-likeness (QED) is 0.345. The standard InChI is InChI=1S/C28H30N4O4/c1-4-29(5-2)24-14-10-21(11-15-24)26-30(27(33)22-8-6-20(3)7-9-22)18-19-31(26)28(34)23-12-16-25(17-13-23)32(35)36/h6-17,26H,4-5,18-19H2,1-3H3. The summed E-state index contributed by atoms with van der Waals surface area (Å²) in [6, 6.07) is 21.0. The largest absolute Gasteiger partial charge is 0.372 e. The number of nitro groups is 1. The number of carbonyl (C=O) groups is 2. The van der Waals surface area contributed by atoms with Crippen molar-refractivity contribution in [1.82, 2.24) is 9.80 Å². The normalized spacial score (nSPS) is 15.1. The Morgan fingerprint density at radius 1 is 0.833 bits per heavy atom. The smallest absolute Gasteiger partial charge is 0.269 e. The summed E-state index contributed by atoms with van der Waals surface area (Å²) in [4.78, 5) is 43.2. The van der Waals surface area contributed by atoms with Gasteiger partial charge in [-0.25, -0.2) is 0 Å². The highest BCUT2D eigenvalue weighted by Gasteiger charge is 2.39. The van der Waals surface area contributed by atoms with E-state index in [1.54, 1.807) is 21.9 Å². The molecule has 1 fully saturated rings. The molecule has 1 heterocycles. The summed E-state index contributed by atoms with van der Waals surface area (Å²) in [5.41, 5.74) is 3.80. The molecule has 1 aliphatic rings. The van der Waals surface area contributed by atoms with Gasteiger partial charge >= 0.3 is 0 Å². The fourth-order valence-electron chi connectivity index (χ4n) is 4.61. The molecule has 0 spiro atoms. The Kier molecular flexibility index (Phi) is 7.33. The van der Waals surface area contributed by atoms with Gasteiger partial charge in [-0.15, -0.1) is 0 Å². The molecule has 0 saturated carbocycles. The van der Waals surface area contributed by atoms with Crippen molar-refractivity contribution in [2.24, 2.45) is 0 Å². The number of hydrogen-bond donors (Lipinski definition) is 0. The summed E-state index contributed by atoms with van der Waals surface area (Å²) in [5.74, 6) is -0.422. The monoisotopic (exact) mass is 486 g/mol. The third kappa shape index (κ3) is 4.93. The van der Waals surface area contributed by atoms with E-state index in [1.165, 1.54) is 24.3 Å². The number of aryl methyl sites for hydroxylation is 1. The van der Waals surface area contributed by atoms with Crippen LogP contribution in [0, 0.1) is 17.0 Å². The molecule has 1 unspecified atom stereocenters. The maximum absolute atomic E-state index is 13.5. The van der Waals surface area contributed by atoms with E-state index in [1.807, 2.05) is 43.3 Å². The van der Waals surface area contributed by atoms with Crippen LogP contribution in [0.3, 0.4) is 0 Å². The van der Waals surface area contributed by atoms with E-state index >= 15 is 0 Å². The molecule has 0 radical (unpaired) electrons. The van der Waals surface area contributed by atoms with Gasteiger partial charge in [-0.3, -0.25) is 19.7 Å². The topological polar surface area (TPSA) is 87.0 Å². The maximum Gasteiger partial charge on any atom is 0.269 e. The molecular formula is C28H30N4O4. The van der Waals surface area contributed by atoms with Crippen molar-refractivity contribution in [3.63, 3.8) is 0 Å². The Balaban J connectivity index is 1.69. The van der Waals surface area contributed by atoms with E-state index in [9.17, 15) is 19.7 Å². The average Bonchev–Trinajstić information content (AvgIpc) is 3.34. The first-order valence-electron chi connectivity index (χ1n) is 12.1. The highest BCUT2D eigenvalue weighted by molar-refractivity contribution is 5.98. The Hall–Kier alpha value is -4.20. The van der Waals surface area contributed by atoms with E-state index in [4.69, 9.17) is 0 Å². The van der Waals surface area contributed by atoms with Gasteiger partial charge in [0.25, 0.3) is 17.5 Å². The van der Waals surface area contributed by atoms with Gasteiger partial charge in [0.2, 0.25) is 0 Å². The first kappa shape index (κ1) is 24.9. The number of anilines is 1. The highest BCUT2D eigenvalue weighted by atomic mass is 16.6. The third-order valence-corrected chi connectivity index (χ3v) is 6.64. The molecule has 8 heteroatoms. The van der Waals surface area contributed by atoms with Gasteiger partial charge in [0.05, 0.1) is 4.92 Å². The maximum atomic E-state index is 13.5. The van der Waals surface area contributed by atoms with Gasteiger partial charge in [-0.1, -0.05) is 29.8 Å². The Morgan fingerprint density at radius 3 is 1.75 bits per heavy atom. The molecule has 1 aliphatic heterocycles. The summed E-state index contributed by atoms with van der Waals surface area (Å²) in [7, 11) is 0. The number of non-ortho nitro benzene ring substituents is 1. The number of amides is 2. The van der Waals surface area contributed by atoms with Crippen LogP contribution in [0.25, 0.3) is 0 Å². The third-order valence-electron chi connectivity index (χ3n) is 6.64. The molecule has 3 aromatic carbocycles. The van der Waals surface area contributed by atoms with Gasteiger partial charge in [0.1, 0.15) is 6.17 Å². The lowest BCUT2D eigenvalue weighted by Crippen LogP contribution is -2.38. The second-order valence-electron chi connectivity index (χ2n) is 8.80. The van der Waals surface area contributed by atoms with Crippen LogP contribution in [0.2, 0.25) is 0 Å². The first-order chi connectivity index (χ1) is 17.3. The van der Waals surface area contributed by atoms with Crippen LogP contribution in [0.5, 0.6) is 0 Å². The van der Waals surface area contributed by atoms with Crippen LogP contribution in [-0.2, 0) is 0 Å². The van der Waals surface area contributed by atoms with Gasteiger partial charge in [0.15, 0.2) is 0 Å². The molecule has 0 bridgehead atoms. The zero-order valence-electron chi connectivity index (χ0n) is 20.8. The van der Waals surface area contributed by atoms with Crippen molar-refractivity contribution >= 4 is 23.2 Å². The van der Waals surface area contributed by atoms with Crippen LogP contribution >= 0.6 is 0 Å². The van der Waals surface area contributed by atoms with E-state index in [0.29, 0.717) is 24.2 Å². The van der Waals surface area contributed by atoms with Crippen molar-refractivity contribution in [2.45, 2.75) is 26.9 Å². The minimum atomic E-state index is -0.591. The van der Waals surface area contributed by atoms with Crippen LogP contribution in [-0.4, -0.2) is 52.7 Å². The minimum absolute atomic E-state index is 0.0762. The lowest BCUT2D eigenvalue weighted by Gasteiger charge is -2.31. The number of benzene rings is 3. The summed E-state index contributed by atoms with van der Waals surface area (Å²) >= 11 is 0. The molecular weight excluding hydrogens is 456 g/mol. The van der Waals surface area contributed by atoms with Gasteiger partial charge < -0.3 is 14.7 Å². The predicted molar refractivity (Wildman–Crippen MR) is 139 cm³/mol. The van der Waals surface area contributed by atoms with Gasteiger partial charge in [-0.2, -0.15) is 0 Å². The molecule has 2 amide bonds. The van der Waals surface area contributed by atoms with Gasteiger partial charge in [-0.05, 0) is 62.7 Å². The molecule has 0 N–H and O–H groups in total. The van der Waals surface area contributed by atoms with Crippen LogP contribution in [0.1, 0.15) is 51.9 Å². The molecule has 8 nitrogen and oxygen atoms in total. The fraction of sp³-hybridized carbons (Fsp3) is 0.286. The number of hydrogen-bond acceptors (Lipinski definition) is 5. The molecule has 0 aromatic heterocycles. The summed E-state index contributed by atoms with van der Waals surface area (Å²) in [5, 5.41) is 11.0. The first-order valence-corrected chi connectivity index (χ1v) is 12.1. The Morgan fingerprint density at radius 2 is 1.31 bits per heavy atom. The van der Waals surface area contributed by atoms with Crippen molar-refractivity contribution in [2.75, 3.05) is 31.1 Å². The summed E-state index contributed by atoms with van der Waals surface area (Å²) in [6.45, 7) is 8.66. The zero-order chi connectivity index (χ0) is 25.8. The van der Waals surface area contributed by atoms with E-state index in [2.05, 4.69) is 18.7 Å².